The Morgan fingerprint density at radius 2 is 1.80 bits per heavy atom. The molecule has 4 nitrogen and oxygen atoms in total. The van der Waals surface area contributed by atoms with Crippen molar-refractivity contribution >= 4 is 12.7 Å². The van der Waals surface area contributed by atoms with Crippen LogP contribution in [0.4, 0.5) is 0 Å². The van der Waals surface area contributed by atoms with Crippen molar-refractivity contribution in [2.45, 2.75) is 57.7 Å². The van der Waals surface area contributed by atoms with Crippen molar-refractivity contribution in [3.05, 3.63) is 17.8 Å². The molecule has 0 bridgehead atoms. The monoisotopic (exact) mass is 275 g/mol. The Kier molecular flexibility index (Phi) is 3.10. The van der Waals surface area contributed by atoms with Crippen molar-refractivity contribution in [2.75, 3.05) is 7.11 Å². The van der Waals surface area contributed by atoms with Gasteiger partial charge in [-0.05, 0) is 58.1 Å². The Bertz CT molecular complexity index is 510. The topological polar surface area (TPSA) is 40.6 Å². The molecule has 0 amide bonds. The molecule has 1 aliphatic heterocycles. The molecule has 20 heavy (non-hydrogen) atoms. The highest BCUT2D eigenvalue weighted by molar-refractivity contribution is 6.62. The summed E-state index contributed by atoms with van der Waals surface area (Å²) in [5, 5.41) is 0. The van der Waals surface area contributed by atoms with Crippen LogP contribution in [0.3, 0.4) is 0 Å². The zero-order chi connectivity index (χ0) is 14.5. The second-order valence-electron chi connectivity index (χ2n) is 6.72. The minimum absolute atomic E-state index is 0.362. The Morgan fingerprint density at radius 3 is 2.30 bits per heavy atom. The molecule has 2 aliphatic rings. The maximum atomic E-state index is 6.04. The summed E-state index contributed by atoms with van der Waals surface area (Å²) >= 11 is 0. The van der Waals surface area contributed by atoms with E-state index in [4.69, 9.17) is 14.0 Å². The van der Waals surface area contributed by atoms with E-state index in [2.05, 4.69) is 11.1 Å². The van der Waals surface area contributed by atoms with Gasteiger partial charge >= 0.3 is 7.12 Å². The summed E-state index contributed by atoms with van der Waals surface area (Å²) < 4.78 is 17.6. The van der Waals surface area contributed by atoms with Gasteiger partial charge in [-0.1, -0.05) is 0 Å². The second kappa shape index (κ2) is 4.47. The lowest BCUT2D eigenvalue weighted by atomic mass is 9.83. The number of rotatable bonds is 3. The van der Waals surface area contributed by atoms with Crippen LogP contribution >= 0.6 is 0 Å². The summed E-state index contributed by atoms with van der Waals surface area (Å²) in [5.41, 5.74) is 1.26. The molecular weight excluding hydrogens is 253 g/mol. The van der Waals surface area contributed by atoms with Gasteiger partial charge in [0.05, 0.1) is 18.3 Å². The summed E-state index contributed by atoms with van der Waals surface area (Å²) in [7, 11) is 1.20. The van der Waals surface area contributed by atoms with E-state index in [1.165, 1.54) is 18.4 Å². The van der Waals surface area contributed by atoms with Crippen LogP contribution < -0.4 is 10.3 Å². The molecule has 0 atom stereocenters. The zero-order valence-electron chi connectivity index (χ0n) is 12.9. The lowest BCUT2D eigenvalue weighted by molar-refractivity contribution is 0.00578. The van der Waals surface area contributed by atoms with Crippen LogP contribution in [0.5, 0.6) is 5.75 Å². The van der Waals surface area contributed by atoms with Gasteiger partial charge in [0.1, 0.15) is 11.3 Å². The molecule has 1 aliphatic carbocycles. The first-order valence-corrected chi connectivity index (χ1v) is 7.23. The average Bonchev–Trinajstić information content (AvgIpc) is 3.17. The summed E-state index contributed by atoms with van der Waals surface area (Å²) in [6.07, 6.45) is 4.43. The summed E-state index contributed by atoms with van der Waals surface area (Å²) in [6.45, 7) is 8.16. The van der Waals surface area contributed by atoms with Crippen LogP contribution in [-0.2, 0) is 9.31 Å². The van der Waals surface area contributed by atoms with E-state index in [0.717, 1.165) is 11.3 Å². The van der Waals surface area contributed by atoms with Crippen LogP contribution in [0.25, 0.3) is 0 Å². The highest BCUT2D eigenvalue weighted by Gasteiger charge is 2.53. The fourth-order valence-electron chi connectivity index (χ4n) is 2.41. The third-order valence-corrected chi connectivity index (χ3v) is 4.65. The molecular formula is C15H22BNO3. The van der Waals surface area contributed by atoms with Crippen molar-refractivity contribution < 1.29 is 14.0 Å². The number of hydrogen-bond donors (Lipinski definition) is 0. The van der Waals surface area contributed by atoms with Gasteiger partial charge < -0.3 is 14.0 Å². The third kappa shape index (κ3) is 2.23. The maximum absolute atomic E-state index is 6.04. The van der Waals surface area contributed by atoms with Gasteiger partial charge in [-0.25, -0.2) is 0 Å². The first kappa shape index (κ1) is 13.9. The summed E-state index contributed by atoms with van der Waals surface area (Å²) in [4.78, 5) is 4.55. The predicted molar refractivity (Wildman–Crippen MR) is 78.5 cm³/mol. The van der Waals surface area contributed by atoms with E-state index in [1.807, 2.05) is 33.9 Å². The fraction of sp³-hybridized carbons (Fsp3) is 0.667. The molecule has 108 valence electrons. The summed E-state index contributed by atoms with van der Waals surface area (Å²) in [5.74, 6) is 1.41. The molecule has 0 N–H and O–H groups in total. The predicted octanol–water partition coefficient (Wildman–Crippen LogP) is 2.27. The molecule has 2 heterocycles. The van der Waals surface area contributed by atoms with Gasteiger partial charge in [-0.3, -0.25) is 4.98 Å². The van der Waals surface area contributed by atoms with Gasteiger partial charge in [-0.2, -0.15) is 0 Å². The molecule has 3 rings (SSSR count). The number of ether oxygens (including phenoxy) is 1. The van der Waals surface area contributed by atoms with Crippen molar-refractivity contribution in [2.24, 2.45) is 0 Å². The molecule has 1 aromatic rings. The smallest absolute Gasteiger partial charge is 0.496 e. The molecule has 1 aromatic heterocycles. The van der Waals surface area contributed by atoms with Gasteiger partial charge in [0, 0.05) is 6.20 Å². The number of pyridine rings is 1. The molecule has 1 saturated heterocycles. The number of nitrogens with zero attached hydrogens (tertiary/aromatic N) is 1. The lowest BCUT2D eigenvalue weighted by Crippen LogP contribution is -2.41. The largest absolute Gasteiger partial charge is 0.518 e. The van der Waals surface area contributed by atoms with Gasteiger partial charge in [-0.15, -0.1) is 0 Å². The minimum Gasteiger partial charge on any atom is -0.496 e. The molecule has 0 radical (unpaired) electrons. The Morgan fingerprint density at radius 1 is 1.20 bits per heavy atom. The normalized spacial score (nSPS) is 23.9. The zero-order valence-corrected chi connectivity index (χ0v) is 12.9. The molecule has 0 unspecified atom stereocenters. The van der Waals surface area contributed by atoms with Crippen LogP contribution in [0.15, 0.2) is 12.3 Å². The third-order valence-electron chi connectivity index (χ3n) is 4.65. The maximum Gasteiger partial charge on any atom is 0.518 e. The van der Waals surface area contributed by atoms with E-state index >= 15 is 0 Å². The van der Waals surface area contributed by atoms with E-state index in [9.17, 15) is 0 Å². The van der Waals surface area contributed by atoms with Crippen molar-refractivity contribution in [1.29, 1.82) is 0 Å². The van der Waals surface area contributed by atoms with Crippen molar-refractivity contribution in [3.8, 4) is 5.75 Å². The second-order valence-corrected chi connectivity index (χ2v) is 6.72. The van der Waals surface area contributed by atoms with Crippen LogP contribution in [0, 0.1) is 0 Å². The van der Waals surface area contributed by atoms with Crippen LogP contribution in [0.2, 0.25) is 0 Å². The highest BCUT2D eigenvalue weighted by Crippen LogP contribution is 2.41. The van der Waals surface area contributed by atoms with E-state index in [1.54, 1.807) is 7.11 Å². The van der Waals surface area contributed by atoms with E-state index in [-0.39, 0.29) is 11.2 Å². The molecule has 0 aromatic carbocycles. The molecule has 5 heteroatoms. The Hall–Kier alpha value is -1.07. The van der Waals surface area contributed by atoms with Crippen molar-refractivity contribution in [1.82, 2.24) is 4.98 Å². The Labute approximate surface area is 121 Å². The number of hydrogen-bond acceptors (Lipinski definition) is 4. The highest BCUT2D eigenvalue weighted by atomic mass is 16.7. The van der Waals surface area contributed by atoms with Gasteiger partial charge in [0.25, 0.3) is 0 Å². The molecule has 0 spiro atoms. The summed E-state index contributed by atoms with van der Waals surface area (Å²) in [6, 6.07) is 2.07. The standard InChI is InChI=1S/C15H22BNO3/c1-14(2)15(3,4)20-16(19-14)13-12(18-5)8-11(9-17-13)10-6-7-10/h8-10H,6-7H2,1-5H3. The minimum atomic E-state index is -0.469. The van der Waals surface area contributed by atoms with Crippen molar-refractivity contribution in [3.63, 3.8) is 0 Å². The fourth-order valence-corrected chi connectivity index (χ4v) is 2.41. The van der Waals surface area contributed by atoms with Crippen LogP contribution in [-0.4, -0.2) is 30.4 Å². The quantitative estimate of drug-likeness (QED) is 0.793. The van der Waals surface area contributed by atoms with Gasteiger partial charge in [0.2, 0.25) is 0 Å². The number of aromatic nitrogens is 1. The van der Waals surface area contributed by atoms with E-state index < -0.39 is 7.12 Å². The number of methoxy groups -OCH3 is 1. The van der Waals surface area contributed by atoms with Crippen LogP contribution in [0.1, 0.15) is 52.0 Å². The lowest BCUT2D eigenvalue weighted by Gasteiger charge is -2.32. The first-order valence-electron chi connectivity index (χ1n) is 7.23. The average molecular weight is 275 g/mol. The Balaban J connectivity index is 1.91. The first-order chi connectivity index (χ1) is 9.34. The van der Waals surface area contributed by atoms with E-state index in [0.29, 0.717) is 5.92 Å². The van der Waals surface area contributed by atoms with Gasteiger partial charge in [0.15, 0.2) is 0 Å². The molecule has 1 saturated carbocycles. The molecule has 2 fully saturated rings. The SMILES string of the molecule is COc1cc(C2CC2)cnc1B1OC(C)(C)C(C)(C)O1.